The lowest BCUT2D eigenvalue weighted by atomic mass is 10.1. The third-order valence-corrected chi connectivity index (χ3v) is 3.84. The number of hydrogen-bond acceptors (Lipinski definition) is 3. The molecule has 2 rings (SSSR count). The number of benzene rings is 1. The Balaban J connectivity index is 2.37. The quantitative estimate of drug-likeness (QED) is 0.729. The molecule has 0 bridgehead atoms. The molecular weight excluding hydrogens is 212 g/mol. The Kier molecular flexibility index (Phi) is 2.44. The summed E-state index contributed by atoms with van der Waals surface area (Å²) in [5.74, 6) is 0. The van der Waals surface area contributed by atoms with Crippen molar-refractivity contribution in [1.29, 1.82) is 0 Å². The monoisotopic (exact) mass is 222 g/mol. The first kappa shape index (κ1) is 10.1. The van der Waals surface area contributed by atoms with Crippen LogP contribution in [0.15, 0.2) is 28.5 Å². The van der Waals surface area contributed by atoms with E-state index in [-0.39, 0.29) is 0 Å². The predicted octanol–water partition coefficient (Wildman–Crippen LogP) is 1.58. The standard InChI is InChI=1S/C11H10O3S/c12-6-1-2-9-3-4-11-10(8-9)5-7-15(11,13)14/h3-8H,1-2H2. The highest BCUT2D eigenvalue weighted by Gasteiger charge is 2.19. The SMILES string of the molecule is O=CCCc1ccc2c(c1)C=CS2(=O)=O. The largest absolute Gasteiger partial charge is 0.303 e. The summed E-state index contributed by atoms with van der Waals surface area (Å²) < 4.78 is 22.9. The Hall–Kier alpha value is -1.42. The highest BCUT2D eigenvalue weighted by molar-refractivity contribution is 7.94. The zero-order chi connectivity index (χ0) is 10.9. The molecule has 0 N–H and O–H groups in total. The average molecular weight is 222 g/mol. The van der Waals surface area contributed by atoms with Crippen molar-refractivity contribution in [2.75, 3.05) is 0 Å². The average Bonchev–Trinajstić information content (AvgIpc) is 2.52. The van der Waals surface area contributed by atoms with Crippen molar-refractivity contribution >= 4 is 22.2 Å². The zero-order valence-electron chi connectivity index (χ0n) is 8.01. The van der Waals surface area contributed by atoms with Gasteiger partial charge in [-0.1, -0.05) is 12.1 Å². The summed E-state index contributed by atoms with van der Waals surface area (Å²) >= 11 is 0. The number of carbonyl (C=O) groups excluding carboxylic acids is 1. The van der Waals surface area contributed by atoms with Crippen LogP contribution in [0.1, 0.15) is 17.5 Å². The van der Waals surface area contributed by atoms with Crippen LogP contribution in [0.4, 0.5) is 0 Å². The van der Waals surface area contributed by atoms with Gasteiger partial charge in [0.2, 0.25) is 0 Å². The number of aryl methyl sites for hydroxylation is 1. The van der Waals surface area contributed by atoms with Gasteiger partial charge in [-0.05, 0) is 29.7 Å². The second kappa shape index (κ2) is 3.62. The molecule has 1 aromatic rings. The van der Waals surface area contributed by atoms with Gasteiger partial charge in [0.15, 0.2) is 9.84 Å². The van der Waals surface area contributed by atoms with Crippen LogP contribution in [0, 0.1) is 0 Å². The molecule has 0 saturated carbocycles. The molecule has 0 radical (unpaired) electrons. The second-order valence-electron chi connectivity index (χ2n) is 3.43. The predicted molar refractivity (Wildman–Crippen MR) is 57.0 cm³/mol. The summed E-state index contributed by atoms with van der Waals surface area (Å²) in [4.78, 5) is 10.6. The number of hydrogen-bond donors (Lipinski definition) is 0. The molecule has 0 spiro atoms. The van der Waals surface area contributed by atoms with E-state index in [1.807, 2.05) is 6.07 Å². The van der Waals surface area contributed by atoms with Crippen molar-refractivity contribution < 1.29 is 13.2 Å². The van der Waals surface area contributed by atoms with Crippen LogP contribution in [-0.4, -0.2) is 14.7 Å². The lowest BCUT2D eigenvalue weighted by molar-refractivity contribution is -0.107. The van der Waals surface area contributed by atoms with Gasteiger partial charge in [-0.3, -0.25) is 0 Å². The summed E-state index contributed by atoms with van der Waals surface area (Å²) in [7, 11) is -3.19. The Bertz CT molecular complexity index is 527. The summed E-state index contributed by atoms with van der Waals surface area (Å²) in [5.41, 5.74) is 1.71. The van der Waals surface area contributed by atoms with Gasteiger partial charge in [-0.15, -0.1) is 0 Å². The number of aldehydes is 1. The fourth-order valence-electron chi connectivity index (χ4n) is 1.60. The van der Waals surface area contributed by atoms with Crippen molar-refractivity contribution in [3.05, 3.63) is 34.7 Å². The van der Waals surface area contributed by atoms with E-state index in [9.17, 15) is 13.2 Å². The van der Waals surface area contributed by atoms with E-state index in [2.05, 4.69) is 0 Å². The van der Waals surface area contributed by atoms with Crippen LogP contribution >= 0.6 is 0 Å². The fraction of sp³-hybridized carbons (Fsp3) is 0.182. The Morgan fingerprint density at radius 2 is 2.07 bits per heavy atom. The van der Waals surface area contributed by atoms with Gasteiger partial charge in [0, 0.05) is 11.8 Å². The molecule has 15 heavy (non-hydrogen) atoms. The molecule has 0 amide bonds. The van der Waals surface area contributed by atoms with Gasteiger partial charge in [0.25, 0.3) is 0 Å². The van der Waals surface area contributed by atoms with Gasteiger partial charge in [0.1, 0.15) is 6.29 Å². The molecule has 0 aliphatic carbocycles. The molecule has 1 heterocycles. The maximum absolute atomic E-state index is 11.4. The normalized spacial score (nSPS) is 16.3. The van der Waals surface area contributed by atoms with Crippen LogP contribution in [-0.2, 0) is 21.1 Å². The van der Waals surface area contributed by atoms with E-state index in [0.29, 0.717) is 17.7 Å². The molecule has 1 aliphatic rings. The summed E-state index contributed by atoms with van der Waals surface area (Å²) in [6.45, 7) is 0. The summed E-state index contributed by atoms with van der Waals surface area (Å²) in [6.07, 6.45) is 3.58. The van der Waals surface area contributed by atoms with E-state index in [1.165, 1.54) is 5.41 Å². The van der Waals surface area contributed by atoms with Crippen LogP contribution < -0.4 is 0 Å². The molecule has 4 heteroatoms. The van der Waals surface area contributed by atoms with E-state index in [4.69, 9.17) is 0 Å². The van der Waals surface area contributed by atoms with E-state index in [0.717, 1.165) is 17.4 Å². The second-order valence-corrected chi connectivity index (χ2v) is 5.23. The lowest BCUT2D eigenvalue weighted by Crippen LogP contribution is -1.94. The highest BCUT2D eigenvalue weighted by atomic mass is 32.2. The van der Waals surface area contributed by atoms with E-state index in [1.54, 1.807) is 18.2 Å². The van der Waals surface area contributed by atoms with Gasteiger partial charge < -0.3 is 4.79 Å². The smallest absolute Gasteiger partial charge is 0.200 e. The molecule has 1 aromatic carbocycles. The summed E-state index contributed by atoms with van der Waals surface area (Å²) in [5, 5.41) is 1.21. The van der Waals surface area contributed by atoms with Crippen molar-refractivity contribution in [1.82, 2.24) is 0 Å². The minimum absolute atomic E-state index is 0.359. The molecule has 0 fully saturated rings. The first-order valence-corrected chi connectivity index (χ1v) is 6.18. The Labute approximate surface area is 88.3 Å². The van der Waals surface area contributed by atoms with Gasteiger partial charge >= 0.3 is 0 Å². The van der Waals surface area contributed by atoms with Crippen LogP contribution in [0.2, 0.25) is 0 Å². The summed E-state index contributed by atoms with van der Waals surface area (Å²) in [6, 6.07) is 5.18. The molecule has 78 valence electrons. The third kappa shape index (κ3) is 1.85. The highest BCUT2D eigenvalue weighted by Crippen LogP contribution is 2.27. The fourth-order valence-corrected chi connectivity index (χ4v) is 2.79. The number of fused-ring (bicyclic) bond motifs is 1. The van der Waals surface area contributed by atoms with Gasteiger partial charge in [-0.25, -0.2) is 8.42 Å². The first-order chi connectivity index (χ1) is 7.13. The molecule has 3 nitrogen and oxygen atoms in total. The van der Waals surface area contributed by atoms with Crippen LogP contribution in [0.3, 0.4) is 0 Å². The van der Waals surface area contributed by atoms with Crippen molar-refractivity contribution in [2.45, 2.75) is 17.7 Å². The molecule has 1 aliphatic heterocycles. The van der Waals surface area contributed by atoms with E-state index >= 15 is 0 Å². The van der Waals surface area contributed by atoms with Crippen molar-refractivity contribution in [3.63, 3.8) is 0 Å². The van der Waals surface area contributed by atoms with E-state index < -0.39 is 9.84 Å². The lowest BCUT2D eigenvalue weighted by Gasteiger charge is -2.01. The maximum Gasteiger partial charge on any atom is 0.200 e. The Morgan fingerprint density at radius 3 is 2.80 bits per heavy atom. The zero-order valence-corrected chi connectivity index (χ0v) is 8.83. The maximum atomic E-state index is 11.4. The van der Waals surface area contributed by atoms with Crippen molar-refractivity contribution in [2.24, 2.45) is 0 Å². The van der Waals surface area contributed by atoms with Crippen LogP contribution in [0.25, 0.3) is 6.08 Å². The molecule has 0 saturated heterocycles. The van der Waals surface area contributed by atoms with Gasteiger partial charge in [0.05, 0.1) is 4.90 Å². The van der Waals surface area contributed by atoms with Gasteiger partial charge in [-0.2, -0.15) is 0 Å². The molecule has 0 unspecified atom stereocenters. The Morgan fingerprint density at radius 1 is 1.27 bits per heavy atom. The first-order valence-electron chi connectivity index (χ1n) is 4.63. The molecule has 0 atom stereocenters. The number of carbonyl (C=O) groups is 1. The number of rotatable bonds is 3. The molecule has 0 aromatic heterocycles. The minimum Gasteiger partial charge on any atom is -0.303 e. The third-order valence-electron chi connectivity index (χ3n) is 2.36. The minimum atomic E-state index is -3.19. The topological polar surface area (TPSA) is 51.2 Å². The van der Waals surface area contributed by atoms with Crippen molar-refractivity contribution in [3.8, 4) is 0 Å². The number of sulfone groups is 1. The van der Waals surface area contributed by atoms with Crippen LogP contribution in [0.5, 0.6) is 0 Å². The molecular formula is C11H10O3S.